The highest BCUT2D eigenvalue weighted by atomic mass is 35.5. The first-order chi connectivity index (χ1) is 6.86. The van der Waals surface area contributed by atoms with E-state index in [0.29, 0.717) is 17.5 Å². The zero-order valence-electron chi connectivity index (χ0n) is 7.27. The van der Waals surface area contributed by atoms with Crippen molar-refractivity contribution in [1.29, 1.82) is 0 Å². The van der Waals surface area contributed by atoms with Crippen molar-refractivity contribution in [3.63, 3.8) is 0 Å². The molecule has 0 spiro atoms. The molecule has 0 bridgehead atoms. The first kappa shape index (κ1) is 9.43. The van der Waals surface area contributed by atoms with Gasteiger partial charge in [0.1, 0.15) is 0 Å². The van der Waals surface area contributed by atoms with Gasteiger partial charge < -0.3 is 5.32 Å². The monoisotopic (exact) mass is 225 g/mol. The molecule has 72 valence electrons. The van der Waals surface area contributed by atoms with Gasteiger partial charge in [-0.25, -0.2) is 0 Å². The molecule has 0 amide bonds. The lowest BCUT2D eigenvalue weighted by atomic mass is 10.2. The van der Waals surface area contributed by atoms with Crippen LogP contribution in [-0.2, 0) is 6.54 Å². The normalized spacial score (nSPS) is 10.1. The minimum Gasteiger partial charge on any atom is -0.363 e. The Bertz CT molecular complexity index is 401. The van der Waals surface area contributed by atoms with Crippen LogP contribution in [0.25, 0.3) is 0 Å². The maximum absolute atomic E-state index is 5.78. The van der Waals surface area contributed by atoms with Gasteiger partial charge in [0.05, 0.1) is 11.7 Å². The Morgan fingerprint density at radius 3 is 2.64 bits per heavy atom. The predicted molar refractivity (Wildman–Crippen MR) is 58.7 cm³/mol. The number of benzene rings is 1. The standard InChI is InChI=1S/C9H8ClN3S/c10-8-9(13-14-12-8)11-6-7-4-2-1-3-5-7/h1-5H,6H2,(H,11,13). The average molecular weight is 226 g/mol. The molecule has 2 aromatic rings. The number of hydrogen-bond donors (Lipinski definition) is 1. The largest absolute Gasteiger partial charge is 0.363 e. The van der Waals surface area contributed by atoms with E-state index in [9.17, 15) is 0 Å². The number of anilines is 1. The van der Waals surface area contributed by atoms with Crippen molar-refractivity contribution in [2.75, 3.05) is 5.32 Å². The fourth-order valence-electron chi connectivity index (χ4n) is 1.06. The first-order valence-corrected chi connectivity index (χ1v) is 5.23. The molecule has 0 aliphatic rings. The Hall–Kier alpha value is -1.13. The summed E-state index contributed by atoms with van der Waals surface area (Å²) in [7, 11) is 0. The van der Waals surface area contributed by atoms with Gasteiger partial charge in [-0.2, -0.15) is 8.75 Å². The Morgan fingerprint density at radius 2 is 2.00 bits per heavy atom. The molecule has 2 rings (SSSR count). The summed E-state index contributed by atoms with van der Waals surface area (Å²) < 4.78 is 7.88. The van der Waals surface area contributed by atoms with Crippen LogP contribution in [0.15, 0.2) is 30.3 Å². The Labute approximate surface area is 91.1 Å². The molecule has 0 aliphatic heterocycles. The molecule has 14 heavy (non-hydrogen) atoms. The molecule has 0 saturated heterocycles. The summed E-state index contributed by atoms with van der Waals surface area (Å²) in [6.45, 7) is 0.714. The summed E-state index contributed by atoms with van der Waals surface area (Å²) in [5, 5.41) is 3.55. The van der Waals surface area contributed by atoms with E-state index in [1.807, 2.05) is 30.3 Å². The van der Waals surface area contributed by atoms with Gasteiger partial charge in [-0.1, -0.05) is 41.9 Å². The van der Waals surface area contributed by atoms with Crippen LogP contribution in [0.5, 0.6) is 0 Å². The lowest BCUT2D eigenvalue weighted by molar-refractivity contribution is 1.13. The van der Waals surface area contributed by atoms with Crippen LogP contribution < -0.4 is 5.32 Å². The first-order valence-electron chi connectivity index (χ1n) is 4.12. The average Bonchev–Trinajstić information content (AvgIpc) is 2.63. The Morgan fingerprint density at radius 1 is 1.21 bits per heavy atom. The van der Waals surface area contributed by atoms with E-state index in [2.05, 4.69) is 14.1 Å². The van der Waals surface area contributed by atoms with Gasteiger partial charge in [-0.05, 0) is 5.56 Å². The van der Waals surface area contributed by atoms with Crippen LogP contribution in [0, 0.1) is 0 Å². The third-order valence-electron chi connectivity index (χ3n) is 1.75. The molecule has 0 aliphatic carbocycles. The maximum Gasteiger partial charge on any atom is 0.186 e. The van der Waals surface area contributed by atoms with Crippen molar-refractivity contribution in [1.82, 2.24) is 8.75 Å². The fourth-order valence-corrected chi connectivity index (χ4v) is 1.75. The summed E-state index contributed by atoms with van der Waals surface area (Å²) in [6, 6.07) is 10.1. The molecule has 1 N–H and O–H groups in total. The summed E-state index contributed by atoms with van der Waals surface area (Å²) in [5.41, 5.74) is 1.19. The van der Waals surface area contributed by atoms with Crippen LogP contribution >= 0.6 is 23.3 Å². The van der Waals surface area contributed by atoms with E-state index in [-0.39, 0.29) is 0 Å². The lowest BCUT2D eigenvalue weighted by Crippen LogP contribution is -1.99. The minimum absolute atomic E-state index is 0.436. The zero-order chi connectivity index (χ0) is 9.80. The predicted octanol–water partition coefficient (Wildman–Crippen LogP) is 2.80. The molecule has 3 nitrogen and oxygen atoms in total. The molecule has 1 heterocycles. The SMILES string of the molecule is Clc1nsnc1NCc1ccccc1. The smallest absolute Gasteiger partial charge is 0.186 e. The second-order valence-electron chi connectivity index (χ2n) is 2.74. The van der Waals surface area contributed by atoms with Crippen molar-refractivity contribution < 1.29 is 0 Å². The molecule has 0 saturated carbocycles. The summed E-state index contributed by atoms with van der Waals surface area (Å²) in [6.07, 6.45) is 0. The second-order valence-corrected chi connectivity index (χ2v) is 3.63. The van der Waals surface area contributed by atoms with Crippen LogP contribution in [0.4, 0.5) is 5.82 Å². The molecule has 0 radical (unpaired) electrons. The number of aromatic nitrogens is 2. The van der Waals surface area contributed by atoms with Crippen molar-refractivity contribution in [2.45, 2.75) is 6.54 Å². The molecular formula is C9H8ClN3S. The molecule has 1 aromatic heterocycles. The minimum atomic E-state index is 0.436. The third kappa shape index (κ3) is 2.21. The van der Waals surface area contributed by atoms with E-state index in [4.69, 9.17) is 11.6 Å². The van der Waals surface area contributed by atoms with Crippen LogP contribution in [0.1, 0.15) is 5.56 Å². The molecule has 0 unspecified atom stereocenters. The van der Waals surface area contributed by atoms with Crippen molar-refractivity contribution >= 4 is 29.1 Å². The molecule has 0 atom stereocenters. The fraction of sp³-hybridized carbons (Fsp3) is 0.111. The highest BCUT2D eigenvalue weighted by Gasteiger charge is 2.03. The zero-order valence-corrected chi connectivity index (χ0v) is 8.85. The number of rotatable bonds is 3. The second kappa shape index (κ2) is 4.39. The number of nitrogens with one attached hydrogen (secondary N) is 1. The van der Waals surface area contributed by atoms with Crippen LogP contribution in [0.3, 0.4) is 0 Å². The van der Waals surface area contributed by atoms with Crippen molar-refractivity contribution in [2.24, 2.45) is 0 Å². The van der Waals surface area contributed by atoms with Crippen LogP contribution in [-0.4, -0.2) is 8.75 Å². The van der Waals surface area contributed by atoms with Gasteiger partial charge in [0.2, 0.25) is 0 Å². The Balaban J connectivity index is 1.99. The third-order valence-corrected chi connectivity index (χ3v) is 2.64. The van der Waals surface area contributed by atoms with Crippen molar-refractivity contribution in [3.05, 3.63) is 41.0 Å². The van der Waals surface area contributed by atoms with E-state index in [1.165, 1.54) is 5.56 Å². The number of hydrogen-bond acceptors (Lipinski definition) is 4. The van der Waals surface area contributed by atoms with E-state index in [1.54, 1.807) is 0 Å². The van der Waals surface area contributed by atoms with E-state index in [0.717, 1.165) is 11.7 Å². The highest BCUT2D eigenvalue weighted by molar-refractivity contribution is 6.99. The quantitative estimate of drug-likeness (QED) is 0.873. The lowest BCUT2D eigenvalue weighted by Gasteiger charge is -2.02. The van der Waals surface area contributed by atoms with Gasteiger partial charge in [0.15, 0.2) is 11.0 Å². The van der Waals surface area contributed by atoms with E-state index < -0.39 is 0 Å². The summed E-state index contributed by atoms with van der Waals surface area (Å²) in [4.78, 5) is 0. The van der Waals surface area contributed by atoms with Crippen molar-refractivity contribution in [3.8, 4) is 0 Å². The number of halogens is 1. The molecular weight excluding hydrogens is 218 g/mol. The number of nitrogens with zero attached hydrogens (tertiary/aromatic N) is 2. The van der Waals surface area contributed by atoms with Gasteiger partial charge >= 0.3 is 0 Å². The highest BCUT2D eigenvalue weighted by Crippen LogP contribution is 2.18. The molecule has 0 fully saturated rings. The van der Waals surface area contributed by atoms with Gasteiger partial charge in [-0.15, -0.1) is 0 Å². The maximum atomic E-state index is 5.78. The molecule has 1 aromatic carbocycles. The summed E-state index contributed by atoms with van der Waals surface area (Å²) in [5.74, 6) is 0.653. The summed E-state index contributed by atoms with van der Waals surface area (Å²) >= 11 is 6.89. The van der Waals surface area contributed by atoms with Gasteiger partial charge in [-0.3, -0.25) is 0 Å². The van der Waals surface area contributed by atoms with Gasteiger partial charge in [0.25, 0.3) is 0 Å². The topological polar surface area (TPSA) is 37.8 Å². The van der Waals surface area contributed by atoms with Crippen LogP contribution in [0.2, 0.25) is 5.15 Å². The van der Waals surface area contributed by atoms with E-state index >= 15 is 0 Å². The molecule has 5 heteroatoms. The van der Waals surface area contributed by atoms with Gasteiger partial charge in [0, 0.05) is 6.54 Å². The Kier molecular flexibility index (Phi) is 2.96.